The molecule has 3 heterocycles. The van der Waals surface area contributed by atoms with Gasteiger partial charge in [0, 0.05) is 38.0 Å². The number of carbonyl (C=O) groups excluding carboxylic acids is 1. The zero-order chi connectivity index (χ0) is 29.4. The van der Waals surface area contributed by atoms with Gasteiger partial charge in [0.25, 0.3) is 0 Å². The molecule has 1 unspecified atom stereocenters. The molecular formula is C32H44FN3O4S. The molecule has 1 amide bonds. The number of hydrogen-bond acceptors (Lipinski definition) is 5. The zero-order valence-electron chi connectivity index (χ0n) is 24.5. The Morgan fingerprint density at radius 2 is 1.61 bits per heavy atom. The highest BCUT2D eigenvalue weighted by atomic mass is 32.2. The van der Waals surface area contributed by atoms with Crippen molar-refractivity contribution in [1.29, 1.82) is 0 Å². The zero-order valence-corrected chi connectivity index (χ0v) is 25.3. The Morgan fingerprint density at radius 3 is 2.24 bits per heavy atom. The van der Waals surface area contributed by atoms with Gasteiger partial charge < -0.3 is 19.5 Å². The van der Waals surface area contributed by atoms with Crippen LogP contribution >= 0.6 is 11.8 Å². The number of fused-ring (bicyclic) bond motifs is 3. The van der Waals surface area contributed by atoms with E-state index in [0.29, 0.717) is 48.8 Å². The average Bonchev–Trinajstić information content (AvgIpc) is 2.95. The van der Waals surface area contributed by atoms with E-state index in [1.165, 1.54) is 62.8 Å². The summed E-state index contributed by atoms with van der Waals surface area (Å²) in [5.74, 6) is -1.69. The number of allylic oxidation sites excluding steroid dienone is 2. The number of anilines is 1. The normalized spacial score (nSPS) is 16.8. The molecule has 1 N–H and O–H groups in total. The van der Waals surface area contributed by atoms with Crippen molar-refractivity contribution < 1.29 is 19.1 Å². The van der Waals surface area contributed by atoms with Crippen LogP contribution in [-0.4, -0.2) is 52.6 Å². The van der Waals surface area contributed by atoms with Crippen molar-refractivity contribution in [2.45, 2.75) is 101 Å². The van der Waals surface area contributed by atoms with Gasteiger partial charge in [0.2, 0.25) is 11.3 Å². The first-order valence-corrected chi connectivity index (χ1v) is 16.2. The predicted molar refractivity (Wildman–Crippen MR) is 165 cm³/mol. The quantitative estimate of drug-likeness (QED) is 0.174. The summed E-state index contributed by atoms with van der Waals surface area (Å²) in [6, 6.07) is 2.83. The Balaban J connectivity index is 1.22. The molecule has 224 valence electrons. The molecule has 0 radical (unpaired) electrons. The highest BCUT2D eigenvalue weighted by Crippen LogP contribution is 2.46. The maximum atomic E-state index is 15.2. The van der Waals surface area contributed by atoms with Crippen LogP contribution in [0.1, 0.15) is 107 Å². The topological polar surface area (TPSA) is 82.8 Å². The second-order valence-electron chi connectivity index (χ2n) is 11.2. The summed E-state index contributed by atoms with van der Waals surface area (Å²) in [7, 11) is 0. The van der Waals surface area contributed by atoms with E-state index < -0.39 is 17.2 Å². The van der Waals surface area contributed by atoms with Crippen LogP contribution in [0.2, 0.25) is 0 Å². The van der Waals surface area contributed by atoms with E-state index in [1.807, 2.05) is 16.7 Å². The summed E-state index contributed by atoms with van der Waals surface area (Å²) in [6.45, 7) is 6.23. The summed E-state index contributed by atoms with van der Waals surface area (Å²) in [5.41, 5.74) is -0.0103. The molecule has 0 spiro atoms. The van der Waals surface area contributed by atoms with Crippen molar-refractivity contribution in [3.63, 3.8) is 0 Å². The Kier molecular flexibility index (Phi) is 11.3. The van der Waals surface area contributed by atoms with Crippen LogP contribution in [0.25, 0.3) is 10.9 Å². The third kappa shape index (κ3) is 7.53. The number of aromatic nitrogens is 1. The van der Waals surface area contributed by atoms with Crippen molar-refractivity contribution in [1.82, 2.24) is 9.47 Å². The summed E-state index contributed by atoms with van der Waals surface area (Å²) < 4.78 is 17.0. The molecule has 0 aliphatic carbocycles. The highest BCUT2D eigenvalue weighted by molar-refractivity contribution is 8.00. The van der Waals surface area contributed by atoms with Crippen LogP contribution in [0.5, 0.6) is 0 Å². The Hall–Kier alpha value is -2.81. The number of unbranched alkanes of at least 4 members (excludes halogenated alkanes) is 9. The molecule has 2 aliphatic rings. The number of nitrogens with zero attached hydrogens (tertiary/aromatic N) is 3. The van der Waals surface area contributed by atoms with Crippen molar-refractivity contribution in [2.24, 2.45) is 0 Å². The number of amides is 1. The first kappa shape index (κ1) is 31.1. The lowest BCUT2D eigenvalue weighted by Gasteiger charge is -2.37. The van der Waals surface area contributed by atoms with Crippen molar-refractivity contribution in [2.75, 3.05) is 31.1 Å². The molecule has 1 atom stereocenters. The second kappa shape index (κ2) is 14.9. The van der Waals surface area contributed by atoms with Crippen LogP contribution in [0.3, 0.4) is 0 Å². The number of halogens is 1. The van der Waals surface area contributed by atoms with Gasteiger partial charge in [-0.05, 0) is 51.2 Å². The lowest BCUT2D eigenvalue weighted by atomic mass is 10.1. The van der Waals surface area contributed by atoms with Crippen molar-refractivity contribution in [3.8, 4) is 0 Å². The van der Waals surface area contributed by atoms with E-state index >= 15 is 4.39 Å². The molecule has 1 saturated heterocycles. The van der Waals surface area contributed by atoms with E-state index in [-0.39, 0.29) is 22.2 Å². The molecular weight excluding hydrogens is 541 g/mol. The van der Waals surface area contributed by atoms with Crippen LogP contribution in [0.15, 0.2) is 34.1 Å². The molecule has 2 aliphatic heterocycles. The van der Waals surface area contributed by atoms with Crippen LogP contribution in [0, 0.1) is 5.82 Å². The van der Waals surface area contributed by atoms with Gasteiger partial charge in [-0.2, -0.15) is 0 Å². The number of piperazine rings is 1. The van der Waals surface area contributed by atoms with Gasteiger partial charge in [0.1, 0.15) is 11.4 Å². The third-order valence-corrected chi connectivity index (χ3v) is 9.39. The summed E-state index contributed by atoms with van der Waals surface area (Å²) in [4.78, 5) is 41.1. The minimum atomic E-state index is -1.29. The van der Waals surface area contributed by atoms with E-state index in [4.69, 9.17) is 0 Å². The number of carbonyl (C=O) groups is 2. The molecule has 4 rings (SSSR count). The molecule has 7 nitrogen and oxygen atoms in total. The fourth-order valence-corrected chi connectivity index (χ4v) is 6.97. The maximum Gasteiger partial charge on any atom is 0.342 e. The second-order valence-corrected chi connectivity index (χ2v) is 12.5. The van der Waals surface area contributed by atoms with Gasteiger partial charge in [-0.25, -0.2) is 9.18 Å². The van der Waals surface area contributed by atoms with Gasteiger partial charge in [-0.1, -0.05) is 69.4 Å². The Labute approximate surface area is 246 Å². The number of carboxylic acids is 1. The standard InChI is InChI=1S/C32H44FN3O4S/c1-3-4-5-6-7-8-9-10-11-12-13-14-15-16-28(37)35-19-17-34(18-20-35)27-22-26-24(21-25(27)33)30(38)29(32(39)40)31-36(26)23(2)41-31/h11-12,21-23H,3-10,13-20H2,1-2H3,(H,39,40)/b12-11-. The van der Waals surface area contributed by atoms with E-state index in [0.717, 1.165) is 25.7 Å². The number of benzene rings is 1. The third-order valence-electron chi connectivity index (χ3n) is 8.21. The van der Waals surface area contributed by atoms with Gasteiger partial charge in [0.15, 0.2) is 0 Å². The molecule has 1 aromatic heterocycles. The smallest absolute Gasteiger partial charge is 0.342 e. The molecule has 41 heavy (non-hydrogen) atoms. The summed E-state index contributed by atoms with van der Waals surface area (Å²) in [5, 5.41) is 10.00. The fourth-order valence-electron chi connectivity index (χ4n) is 5.81. The summed E-state index contributed by atoms with van der Waals surface area (Å²) >= 11 is 1.33. The first-order valence-electron chi connectivity index (χ1n) is 15.3. The fraction of sp³-hybridized carbons (Fsp3) is 0.594. The molecule has 9 heteroatoms. The van der Waals surface area contributed by atoms with E-state index in [2.05, 4.69) is 19.1 Å². The van der Waals surface area contributed by atoms with Gasteiger partial charge in [-0.15, -0.1) is 0 Å². The Morgan fingerprint density at radius 1 is 0.976 bits per heavy atom. The first-order chi connectivity index (χ1) is 19.8. The van der Waals surface area contributed by atoms with Gasteiger partial charge in [0.05, 0.1) is 21.6 Å². The molecule has 1 fully saturated rings. The molecule has 0 bridgehead atoms. The van der Waals surface area contributed by atoms with Gasteiger partial charge in [-0.3, -0.25) is 9.59 Å². The number of hydrogen-bond donors (Lipinski definition) is 1. The Bertz CT molecular complexity index is 1320. The lowest BCUT2D eigenvalue weighted by molar-refractivity contribution is -0.131. The number of carboxylic acid groups (broad SMARTS) is 1. The van der Waals surface area contributed by atoms with Crippen molar-refractivity contribution in [3.05, 3.63) is 45.9 Å². The monoisotopic (exact) mass is 585 g/mol. The van der Waals surface area contributed by atoms with Crippen LogP contribution < -0.4 is 10.3 Å². The molecule has 1 aromatic carbocycles. The van der Waals surface area contributed by atoms with Crippen molar-refractivity contribution >= 4 is 40.2 Å². The molecule has 0 saturated carbocycles. The predicted octanol–water partition coefficient (Wildman–Crippen LogP) is 7.37. The largest absolute Gasteiger partial charge is 0.477 e. The maximum absolute atomic E-state index is 15.2. The average molecular weight is 586 g/mol. The highest BCUT2D eigenvalue weighted by Gasteiger charge is 2.33. The number of aromatic carboxylic acids is 1. The number of rotatable bonds is 15. The lowest BCUT2D eigenvalue weighted by Crippen LogP contribution is -2.49. The van der Waals surface area contributed by atoms with Crippen LogP contribution in [-0.2, 0) is 4.79 Å². The number of pyridine rings is 1. The minimum Gasteiger partial charge on any atom is -0.477 e. The summed E-state index contributed by atoms with van der Waals surface area (Å²) in [6.07, 6.45) is 18.4. The van der Waals surface area contributed by atoms with E-state index in [1.54, 1.807) is 10.6 Å². The van der Waals surface area contributed by atoms with Gasteiger partial charge >= 0.3 is 5.97 Å². The minimum absolute atomic E-state index is 0.0421. The van der Waals surface area contributed by atoms with E-state index in [9.17, 15) is 19.5 Å². The number of thioether (sulfide) groups is 1. The van der Waals surface area contributed by atoms with Crippen LogP contribution in [0.4, 0.5) is 10.1 Å². The SMILES string of the molecule is CCCCCCCCC/C=C\CCCCC(=O)N1CCN(c2cc3c(cc2F)c(=O)c(C(=O)O)c2n3C(C)S2)CC1. The molecule has 2 aromatic rings.